The van der Waals surface area contributed by atoms with Gasteiger partial charge in [-0.05, 0) is 135 Å². The zero-order valence-electron chi connectivity index (χ0n) is 37.2. The lowest BCUT2D eigenvalue weighted by molar-refractivity contribution is 0.0837. The molecule has 3 aliphatic rings. The number of piperidine rings is 3. The molecule has 3 fully saturated rings. The molecule has 1 amide bonds. The Labute approximate surface area is 369 Å². The van der Waals surface area contributed by atoms with Crippen LogP contribution in [-0.4, -0.2) is 77.8 Å². The van der Waals surface area contributed by atoms with Crippen molar-refractivity contribution >= 4 is 42.1 Å². The maximum atomic E-state index is 13.1. The molecule has 332 valence electrons. The summed E-state index contributed by atoms with van der Waals surface area (Å²) in [4.78, 5) is 45.1. The number of aryl methyl sites for hydroxylation is 2. The van der Waals surface area contributed by atoms with Gasteiger partial charge in [0.05, 0.1) is 28.9 Å². The number of nitrogens with one attached hydrogen (secondary N) is 2. The van der Waals surface area contributed by atoms with Gasteiger partial charge in [-0.3, -0.25) is 14.3 Å². The lowest BCUT2D eigenvalue weighted by Gasteiger charge is -2.48. The average molecular weight is 872 g/mol. The van der Waals surface area contributed by atoms with Crippen LogP contribution < -0.4 is 21.5 Å². The SMILES string of the molecule is CC(C)(C)[Si](C)(C)O[C@H](CNCCc1ccc2c(c1)oc(=O)n2CCCCc1ccc(-c2ccccc2)c(N(C(=O)O)[C@H]2CN3CCC2CC3)c1)c1ccc(O)c2[nH]c(=O)ccc12. The smallest absolute Gasteiger partial charge is 0.419 e. The number of anilines is 1. The first kappa shape index (κ1) is 44.1. The van der Waals surface area contributed by atoms with E-state index < -0.39 is 14.4 Å². The van der Waals surface area contributed by atoms with E-state index in [4.69, 9.17) is 8.84 Å². The minimum absolute atomic E-state index is 0.0189. The van der Waals surface area contributed by atoms with Gasteiger partial charge < -0.3 is 34.3 Å². The number of H-pyrrole nitrogens is 1. The van der Waals surface area contributed by atoms with Crippen molar-refractivity contribution < 1.29 is 23.9 Å². The first-order valence-electron chi connectivity index (χ1n) is 22.5. The first-order valence-corrected chi connectivity index (χ1v) is 25.4. The van der Waals surface area contributed by atoms with Gasteiger partial charge in [-0.1, -0.05) is 75.4 Å². The van der Waals surface area contributed by atoms with Gasteiger partial charge in [0.15, 0.2) is 13.9 Å². The van der Waals surface area contributed by atoms with Crippen LogP contribution in [0.5, 0.6) is 5.75 Å². The Kier molecular flexibility index (Phi) is 12.8. The summed E-state index contributed by atoms with van der Waals surface area (Å²) >= 11 is 0. The highest BCUT2D eigenvalue weighted by molar-refractivity contribution is 6.74. The van der Waals surface area contributed by atoms with Gasteiger partial charge in [0.1, 0.15) is 5.75 Å². The molecule has 0 aliphatic carbocycles. The second kappa shape index (κ2) is 18.3. The third kappa shape index (κ3) is 9.57. The number of rotatable bonds is 16. The minimum Gasteiger partial charge on any atom is -0.506 e. The van der Waals surface area contributed by atoms with E-state index in [9.17, 15) is 24.6 Å². The number of carboxylic acid groups (broad SMARTS) is 1. The molecular weight excluding hydrogens is 811 g/mol. The zero-order chi connectivity index (χ0) is 44.5. The molecule has 9 rings (SSSR count). The predicted molar refractivity (Wildman–Crippen MR) is 253 cm³/mol. The lowest BCUT2D eigenvalue weighted by atomic mass is 9.82. The largest absolute Gasteiger partial charge is 0.506 e. The highest BCUT2D eigenvalue weighted by atomic mass is 28.4. The number of aromatic amines is 1. The predicted octanol–water partition coefficient (Wildman–Crippen LogP) is 9.31. The first-order chi connectivity index (χ1) is 30.2. The number of nitrogens with zero attached hydrogens (tertiary/aromatic N) is 3. The Balaban J connectivity index is 0.914. The van der Waals surface area contributed by atoms with Crippen LogP contribution in [-0.2, 0) is 23.8 Å². The fraction of sp³-hybridized carbons (Fsp3) is 0.420. The Bertz CT molecular complexity index is 2690. The standard InChI is InChI=1S/C50H61N5O7Si/c1-50(2,3)63(4,5)62-45(38-17-20-43(56)47-39(38)18-21-46(57)52-47)31-51-25-22-34-15-19-40-44(30-34)61-49(60)54(40)26-10-9-11-33-14-16-37(35-12-7-6-8-13-35)41(29-33)55(48(58)59)42-32-53-27-23-36(42)24-28-53/h6-8,12-21,29-30,36,42,45,51,56H,9-11,22-28,31-32H2,1-5H3,(H,52,57)(H,58,59)/t42-,45+/m0/s1. The summed E-state index contributed by atoms with van der Waals surface area (Å²) in [6.45, 7) is 15.6. The average Bonchev–Trinajstić information content (AvgIpc) is 3.57. The maximum Gasteiger partial charge on any atom is 0.419 e. The third-order valence-electron chi connectivity index (χ3n) is 13.8. The molecule has 3 saturated heterocycles. The molecule has 2 bridgehead atoms. The third-order valence-corrected chi connectivity index (χ3v) is 18.3. The number of aromatic nitrogens is 2. The van der Waals surface area contributed by atoms with Gasteiger partial charge in [-0.2, -0.15) is 0 Å². The summed E-state index contributed by atoms with van der Waals surface area (Å²) in [5.41, 5.74) is 7.12. The quantitative estimate of drug-likeness (QED) is 0.0551. The van der Waals surface area contributed by atoms with Crippen LogP contribution in [0.4, 0.5) is 10.5 Å². The second-order valence-corrected chi connectivity index (χ2v) is 23.7. The van der Waals surface area contributed by atoms with Crippen LogP contribution in [0.1, 0.15) is 69.2 Å². The van der Waals surface area contributed by atoms with E-state index in [0.717, 1.165) is 96.1 Å². The summed E-state index contributed by atoms with van der Waals surface area (Å²) in [6.07, 6.45) is 3.84. The monoisotopic (exact) mass is 871 g/mol. The van der Waals surface area contributed by atoms with E-state index in [0.29, 0.717) is 43.1 Å². The van der Waals surface area contributed by atoms with Crippen molar-refractivity contribution in [2.24, 2.45) is 5.92 Å². The molecule has 6 aromatic rings. The number of aromatic hydroxyl groups is 1. The number of hydrogen-bond donors (Lipinski definition) is 4. The Hall–Kier alpha value is -5.47. The van der Waals surface area contributed by atoms with Crippen molar-refractivity contribution in [1.29, 1.82) is 0 Å². The van der Waals surface area contributed by atoms with Crippen molar-refractivity contribution in [3.05, 3.63) is 129 Å². The normalized spacial score (nSPS) is 18.3. The zero-order valence-corrected chi connectivity index (χ0v) is 38.2. The molecule has 0 radical (unpaired) electrons. The molecule has 4 aromatic carbocycles. The molecule has 0 unspecified atom stereocenters. The molecule has 0 spiro atoms. The Morgan fingerprint density at radius 1 is 0.952 bits per heavy atom. The number of benzene rings is 4. The van der Waals surface area contributed by atoms with E-state index in [1.165, 1.54) is 6.07 Å². The number of hydrogen-bond acceptors (Lipinski definition) is 8. The Morgan fingerprint density at radius 3 is 2.41 bits per heavy atom. The maximum absolute atomic E-state index is 13.1. The molecule has 2 atom stereocenters. The number of phenols is 1. The molecule has 4 N–H and O–H groups in total. The van der Waals surface area contributed by atoms with Crippen LogP contribution >= 0.6 is 0 Å². The topological polar surface area (TPSA) is 153 Å². The minimum atomic E-state index is -2.22. The van der Waals surface area contributed by atoms with Crippen LogP contribution in [0.15, 0.2) is 105 Å². The van der Waals surface area contributed by atoms with Crippen LogP contribution in [0.2, 0.25) is 18.1 Å². The molecule has 13 heteroatoms. The molecule has 63 heavy (non-hydrogen) atoms. The molecule has 5 heterocycles. The number of pyridine rings is 1. The number of unbranched alkanes of at least 4 members (excludes halogenated alkanes) is 1. The summed E-state index contributed by atoms with van der Waals surface area (Å²) in [5.74, 6) is -0.00286. The van der Waals surface area contributed by atoms with Crippen LogP contribution in [0.3, 0.4) is 0 Å². The van der Waals surface area contributed by atoms with Crippen molar-refractivity contribution in [3.8, 4) is 16.9 Å². The van der Waals surface area contributed by atoms with Gasteiger partial charge in [0, 0.05) is 36.7 Å². The second-order valence-electron chi connectivity index (χ2n) is 19.0. The summed E-state index contributed by atoms with van der Waals surface area (Å²) < 4.78 is 14.4. The molecular formula is C50H61N5O7Si. The highest BCUT2D eigenvalue weighted by Crippen LogP contribution is 2.42. The van der Waals surface area contributed by atoms with E-state index in [1.807, 2.05) is 54.6 Å². The molecule has 12 nitrogen and oxygen atoms in total. The van der Waals surface area contributed by atoms with E-state index in [1.54, 1.807) is 21.6 Å². The molecule has 2 aromatic heterocycles. The van der Waals surface area contributed by atoms with E-state index in [2.05, 4.69) is 67.3 Å². The number of phenolic OH excluding ortho intramolecular Hbond substituents is 1. The van der Waals surface area contributed by atoms with Crippen LogP contribution in [0, 0.1) is 5.92 Å². The van der Waals surface area contributed by atoms with Crippen molar-refractivity contribution in [2.45, 2.75) is 96.1 Å². The number of carbonyl (C=O) groups is 1. The van der Waals surface area contributed by atoms with Gasteiger partial charge in [-0.25, -0.2) is 9.59 Å². The van der Waals surface area contributed by atoms with Crippen molar-refractivity contribution in [3.63, 3.8) is 0 Å². The van der Waals surface area contributed by atoms with E-state index in [-0.39, 0.29) is 34.2 Å². The molecule has 3 aliphatic heterocycles. The Morgan fingerprint density at radius 2 is 1.70 bits per heavy atom. The van der Waals surface area contributed by atoms with Gasteiger partial charge in [0.25, 0.3) is 0 Å². The lowest BCUT2D eigenvalue weighted by Crippen LogP contribution is -2.59. The molecule has 0 saturated carbocycles. The van der Waals surface area contributed by atoms with Crippen LogP contribution in [0.25, 0.3) is 33.1 Å². The van der Waals surface area contributed by atoms with Gasteiger partial charge in [0.2, 0.25) is 5.56 Å². The van der Waals surface area contributed by atoms with Crippen molar-refractivity contribution in [2.75, 3.05) is 37.6 Å². The van der Waals surface area contributed by atoms with Gasteiger partial charge in [-0.15, -0.1) is 0 Å². The summed E-state index contributed by atoms with van der Waals surface area (Å²) in [7, 11) is -2.22. The number of oxazole rings is 1. The summed E-state index contributed by atoms with van der Waals surface area (Å²) in [5, 5.41) is 25.5. The fourth-order valence-corrected chi connectivity index (χ4v) is 10.5. The fourth-order valence-electron chi connectivity index (χ4n) is 9.27. The van der Waals surface area contributed by atoms with E-state index >= 15 is 0 Å². The van der Waals surface area contributed by atoms with Gasteiger partial charge >= 0.3 is 11.8 Å². The highest BCUT2D eigenvalue weighted by Gasteiger charge is 2.41. The summed E-state index contributed by atoms with van der Waals surface area (Å²) in [6, 6.07) is 28.9. The number of fused-ring (bicyclic) bond motifs is 5. The van der Waals surface area contributed by atoms with Crippen molar-refractivity contribution in [1.82, 2.24) is 19.8 Å². The number of amides is 1.